The normalized spacial score (nSPS) is 18.6. The lowest BCUT2D eigenvalue weighted by Gasteiger charge is -2.31. The van der Waals surface area contributed by atoms with Crippen LogP contribution in [0.1, 0.15) is 18.5 Å². The number of piperidine rings is 1. The molecule has 0 saturated carbocycles. The summed E-state index contributed by atoms with van der Waals surface area (Å²) >= 11 is 0. The third-order valence-corrected chi connectivity index (χ3v) is 2.67. The van der Waals surface area contributed by atoms with E-state index >= 15 is 0 Å². The maximum Gasteiger partial charge on any atom is 0.0730 e. The van der Waals surface area contributed by atoms with E-state index in [4.69, 9.17) is 5.73 Å². The molecular formula is C10H16N4. The second-order valence-electron chi connectivity index (χ2n) is 3.88. The van der Waals surface area contributed by atoms with E-state index in [1.165, 1.54) is 5.69 Å². The predicted octanol–water partition coefficient (Wildman–Crippen LogP) is 0.713. The van der Waals surface area contributed by atoms with Gasteiger partial charge in [-0.15, -0.1) is 0 Å². The van der Waals surface area contributed by atoms with Gasteiger partial charge in [-0.1, -0.05) is 0 Å². The van der Waals surface area contributed by atoms with E-state index in [0.717, 1.165) is 31.6 Å². The first kappa shape index (κ1) is 9.40. The molecule has 0 radical (unpaired) electrons. The fourth-order valence-corrected chi connectivity index (χ4v) is 1.79. The Morgan fingerprint density at radius 2 is 2.14 bits per heavy atom. The molecule has 1 aliphatic rings. The van der Waals surface area contributed by atoms with Crippen LogP contribution in [0, 0.1) is 6.92 Å². The molecule has 4 nitrogen and oxygen atoms in total. The molecule has 1 aromatic rings. The molecule has 2 N–H and O–H groups in total. The van der Waals surface area contributed by atoms with Crippen molar-refractivity contribution in [3.8, 4) is 0 Å². The van der Waals surface area contributed by atoms with Gasteiger partial charge in [-0.2, -0.15) is 10.2 Å². The molecule has 0 spiro atoms. The zero-order valence-electron chi connectivity index (χ0n) is 8.48. The number of anilines is 1. The standard InChI is InChI=1S/C10H16N4/c1-8-6-10(7-12-13-8)14-4-2-9(11)3-5-14/h6-7,9H,2-5,11H2,1H3. The minimum absolute atomic E-state index is 0.377. The third-order valence-electron chi connectivity index (χ3n) is 2.67. The van der Waals surface area contributed by atoms with Gasteiger partial charge in [0.25, 0.3) is 0 Å². The smallest absolute Gasteiger partial charge is 0.0730 e. The topological polar surface area (TPSA) is 55.0 Å². The van der Waals surface area contributed by atoms with Crippen LogP contribution in [-0.4, -0.2) is 29.3 Å². The molecule has 1 fully saturated rings. The van der Waals surface area contributed by atoms with E-state index in [2.05, 4.69) is 21.2 Å². The van der Waals surface area contributed by atoms with Crippen molar-refractivity contribution in [2.24, 2.45) is 5.73 Å². The number of nitrogens with zero attached hydrogens (tertiary/aromatic N) is 3. The second-order valence-corrected chi connectivity index (χ2v) is 3.88. The van der Waals surface area contributed by atoms with Crippen LogP contribution in [-0.2, 0) is 0 Å². The molecule has 1 saturated heterocycles. The summed E-state index contributed by atoms with van der Waals surface area (Å²) in [4.78, 5) is 2.32. The van der Waals surface area contributed by atoms with Crippen LogP contribution in [0.2, 0.25) is 0 Å². The molecule has 76 valence electrons. The summed E-state index contributed by atoms with van der Waals surface area (Å²) in [6.45, 7) is 4.03. The van der Waals surface area contributed by atoms with Crippen LogP contribution in [0.5, 0.6) is 0 Å². The molecule has 14 heavy (non-hydrogen) atoms. The van der Waals surface area contributed by atoms with E-state index in [0.29, 0.717) is 6.04 Å². The Morgan fingerprint density at radius 1 is 1.43 bits per heavy atom. The third kappa shape index (κ3) is 2.01. The van der Waals surface area contributed by atoms with Gasteiger partial charge in [0.15, 0.2) is 0 Å². The van der Waals surface area contributed by atoms with Crippen LogP contribution in [0.3, 0.4) is 0 Å². The van der Waals surface area contributed by atoms with Crippen LogP contribution in [0.25, 0.3) is 0 Å². The molecule has 0 aromatic carbocycles. The highest BCUT2D eigenvalue weighted by Gasteiger charge is 2.16. The number of hydrogen-bond acceptors (Lipinski definition) is 4. The van der Waals surface area contributed by atoms with Gasteiger partial charge in [0, 0.05) is 19.1 Å². The molecule has 2 heterocycles. The lowest BCUT2D eigenvalue weighted by Crippen LogP contribution is -2.39. The van der Waals surface area contributed by atoms with Gasteiger partial charge in [0.05, 0.1) is 17.6 Å². The highest BCUT2D eigenvalue weighted by atomic mass is 15.2. The molecule has 0 bridgehead atoms. The van der Waals surface area contributed by atoms with E-state index in [-0.39, 0.29) is 0 Å². The van der Waals surface area contributed by atoms with Gasteiger partial charge in [-0.05, 0) is 25.8 Å². The fourth-order valence-electron chi connectivity index (χ4n) is 1.79. The lowest BCUT2D eigenvalue weighted by molar-refractivity contribution is 0.500. The van der Waals surface area contributed by atoms with Crippen molar-refractivity contribution in [1.82, 2.24) is 10.2 Å². The lowest BCUT2D eigenvalue weighted by atomic mass is 10.1. The van der Waals surface area contributed by atoms with Crippen molar-refractivity contribution in [1.29, 1.82) is 0 Å². The Morgan fingerprint density at radius 3 is 2.79 bits per heavy atom. The van der Waals surface area contributed by atoms with Crippen molar-refractivity contribution in [3.05, 3.63) is 18.0 Å². The predicted molar refractivity (Wildman–Crippen MR) is 56.2 cm³/mol. The van der Waals surface area contributed by atoms with Crippen molar-refractivity contribution in [3.63, 3.8) is 0 Å². The first-order valence-corrected chi connectivity index (χ1v) is 5.05. The van der Waals surface area contributed by atoms with Crippen LogP contribution in [0.4, 0.5) is 5.69 Å². The molecule has 2 rings (SSSR count). The number of hydrogen-bond donors (Lipinski definition) is 1. The molecule has 0 atom stereocenters. The van der Waals surface area contributed by atoms with Gasteiger partial charge >= 0.3 is 0 Å². The SMILES string of the molecule is Cc1cc(N2CCC(N)CC2)cnn1. The van der Waals surface area contributed by atoms with Gasteiger partial charge in [0.2, 0.25) is 0 Å². The average molecular weight is 192 g/mol. The van der Waals surface area contributed by atoms with Crippen molar-refractivity contribution < 1.29 is 0 Å². The van der Waals surface area contributed by atoms with Crippen LogP contribution in [0.15, 0.2) is 12.3 Å². The van der Waals surface area contributed by atoms with Crippen molar-refractivity contribution in [2.75, 3.05) is 18.0 Å². The minimum Gasteiger partial charge on any atom is -0.370 e. The summed E-state index contributed by atoms with van der Waals surface area (Å²) in [5, 5.41) is 7.90. The van der Waals surface area contributed by atoms with E-state index in [9.17, 15) is 0 Å². The van der Waals surface area contributed by atoms with Crippen molar-refractivity contribution >= 4 is 5.69 Å². The van der Waals surface area contributed by atoms with Crippen LogP contribution >= 0.6 is 0 Å². The van der Waals surface area contributed by atoms with E-state index in [1.807, 2.05) is 13.1 Å². The van der Waals surface area contributed by atoms with Gasteiger partial charge in [-0.25, -0.2) is 0 Å². The summed E-state index contributed by atoms with van der Waals surface area (Å²) in [6, 6.07) is 2.45. The first-order valence-electron chi connectivity index (χ1n) is 5.05. The Hall–Kier alpha value is -1.16. The largest absolute Gasteiger partial charge is 0.370 e. The van der Waals surface area contributed by atoms with Gasteiger partial charge < -0.3 is 10.6 Å². The summed E-state index contributed by atoms with van der Waals surface area (Å²) in [7, 11) is 0. The summed E-state index contributed by atoms with van der Waals surface area (Å²) in [5.74, 6) is 0. The number of nitrogens with two attached hydrogens (primary N) is 1. The first-order chi connectivity index (χ1) is 6.75. The minimum atomic E-state index is 0.377. The molecular weight excluding hydrogens is 176 g/mol. The van der Waals surface area contributed by atoms with Crippen LogP contribution < -0.4 is 10.6 Å². The zero-order valence-corrected chi connectivity index (χ0v) is 8.48. The monoisotopic (exact) mass is 192 g/mol. The molecule has 4 heteroatoms. The number of aryl methyl sites for hydroxylation is 1. The van der Waals surface area contributed by atoms with Gasteiger partial charge in [0.1, 0.15) is 0 Å². The Balaban J connectivity index is 2.08. The highest BCUT2D eigenvalue weighted by Crippen LogP contribution is 2.18. The zero-order chi connectivity index (χ0) is 9.97. The maximum absolute atomic E-state index is 5.85. The van der Waals surface area contributed by atoms with E-state index < -0.39 is 0 Å². The summed E-state index contributed by atoms with van der Waals surface area (Å²) in [5.41, 5.74) is 7.99. The Kier molecular flexibility index (Phi) is 2.63. The quantitative estimate of drug-likeness (QED) is 0.712. The summed E-state index contributed by atoms with van der Waals surface area (Å²) in [6.07, 6.45) is 3.96. The second kappa shape index (κ2) is 3.92. The fraction of sp³-hybridized carbons (Fsp3) is 0.600. The number of rotatable bonds is 1. The molecule has 1 aliphatic heterocycles. The molecule has 1 aromatic heterocycles. The average Bonchev–Trinajstić information content (AvgIpc) is 2.19. The summed E-state index contributed by atoms with van der Waals surface area (Å²) < 4.78 is 0. The van der Waals surface area contributed by atoms with Gasteiger partial charge in [-0.3, -0.25) is 0 Å². The maximum atomic E-state index is 5.85. The Bertz CT molecular complexity index is 305. The Labute approximate surface area is 84.1 Å². The highest BCUT2D eigenvalue weighted by molar-refractivity contribution is 5.44. The van der Waals surface area contributed by atoms with Crippen molar-refractivity contribution in [2.45, 2.75) is 25.8 Å². The molecule has 0 aliphatic carbocycles. The van der Waals surface area contributed by atoms with E-state index in [1.54, 1.807) is 0 Å². The molecule has 0 amide bonds. The number of aromatic nitrogens is 2. The molecule has 0 unspecified atom stereocenters.